The molecule has 3 heteroatoms. The summed E-state index contributed by atoms with van der Waals surface area (Å²) in [4.78, 5) is 4.32. The van der Waals surface area contributed by atoms with Crippen molar-refractivity contribution in [3.8, 4) is 5.75 Å². The van der Waals surface area contributed by atoms with Gasteiger partial charge < -0.3 is 10.1 Å². The summed E-state index contributed by atoms with van der Waals surface area (Å²) in [6.07, 6.45) is 1.81. The molecule has 1 aromatic heterocycles. The smallest absolute Gasteiger partial charge is 0.122 e. The maximum atomic E-state index is 5.67. The van der Waals surface area contributed by atoms with Crippen LogP contribution in [0.25, 0.3) is 0 Å². The lowest BCUT2D eigenvalue weighted by atomic mass is 10.2. The van der Waals surface area contributed by atoms with Crippen LogP contribution in [0.1, 0.15) is 33.4 Å². The molecule has 0 unspecified atom stereocenters. The van der Waals surface area contributed by atoms with Crippen LogP contribution in [0.4, 0.5) is 0 Å². The standard InChI is InChI=1S/C14H24N2O/c1-11(2)8-15-9-13-7-14(5-6-16-13)17-10-12(3)4/h5-7,11-12,15H,8-10H2,1-4H3. The molecular weight excluding hydrogens is 212 g/mol. The van der Waals surface area contributed by atoms with Gasteiger partial charge in [-0.1, -0.05) is 27.7 Å². The van der Waals surface area contributed by atoms with E-state index in [4.69, 9.17) is 4.74 Å². The van der Waals surface area contributed by atoms with Crippen LogP contribution in [-0.4, -0.2) is 18.1 Å². The van der Waals surface area contributed by atoms with E-state index in [2.05, 4.69) is 38.0 Å². The van der Waals surface area contributed by atoms with Crippen LogP contribution in [0.3, 0.4) is 0 Å². The Morgan fingerprint density at radius 1 is 1.24 bits per heavy atom. The summed E-state index contributed by atoms with van der Waals surface area (Å²) in [5, 5.41) is 3.38. The lowest BCUT2D eigenvalue weighted by Gasteiger charge is -2.10. The average molecular weight is 236 g/mol. The Labute approximate surface area is 105 Å². The Hall–Kier alpha value is -1.09. The van der Waals surface area contributed by atoms with Gasteiger partial charge in [-0.25, -0.2) is 0 Å². The monoisotopic (exact) mass is 236 g/mol. The number of nitrogens with zero attached hydrogens (tertiary/aromatic N) is 1. The second kappa shape index (κ2) is 7.28. The normalized spacial score (nSPS) is 11.2. The zero-order valence-electron chi connectivity index (χ0n) is 11.4. The van der Waals surface area contributed by atoms with Crippen molar-refractivity contribution in [1.82, 2.24) is 10.3 Å². The molecule has 0 saturated carbocycles. The molecule has 17 heavy (non-hydrogen) atoms. The maximum absolute atomic E-state index is 5.67. The van der Waals surface area contributed by atoms with Crippen molar-refractivity contribution in [2.24, 2.45) is 11.8 Å². The molecule has 0 fully saturated rings. The van der Waals surface area contributed by atoms with Gasteiger partial charge in [0.05, 0.1) is 12.3 Å². The highest BCUT2D eigenvalue weighted by molar-refractivity contribution is 5.22. The second-order valence-electron chi connectivity index (χ2n) is 5.21. The van der Waals surface area contributed by atoms with Crippen LogP contribution in [0.15, 0.2) is 18.3 Å². The third-order valence-electron chi connectivity index (χ3n) is 2.23. The Morgan fingerprint density at radius 3 is 2.65 bits per heavy atom. The van der Waals surface area contributed by atoms with E-state index >= 15 is 0 Å². The predicted molar refractivity (Wildman–Crippen MR) is 71.1 cm³/mol. The molecule has 0 aliphatic heterocycles. The second-order valence-corrected chi connectivity index (χ2v) is 5.21. The van der Waals surface area contributed by atoms with E-state index < -0.39 is 0 Å². The first kappa shape index (κ1) is 14.0. The molecule has 0 saturated heterocycles. The summed E-state index contributed by atoms with van der Waals surface area (Å²) < 4.78 is 5.67. The lowest BCUT2D eigenvalue weighted by Crippen LogP contribution is -2.19. The van der Waals surface area contributed by atoms with Crippen molar-refractivity contribution < 1.29 is 4.74 Å². The molecule has 0 aromatic carbocycles. The Bertz CT molecular complexity index is 324. The van der Waals surface area contributed by atoms with Crippen molar-refractivity contribution in [2.75, 3.05) is 13.2 Å². The molecule has 0 aliphatic rings. The van der Waals surface area contributed by atoms with E-state index in [1.54, 1.807) is 0 Å². The summed E-state index contributed by atoms with van der Waals surface area (Å²) in [5.41, 5.74) is 1.03. The van der Waals surface area contributed by atoms with Crippen LogP contribution in [-0.2, 0) is 6.54 Å². The fourth-order valence-corrected chi connectivity index (χ4v) is 1.39. The first-order chi connectivity index (χ1) is 8.08. The van der Waals surface area contributed by atoms with Crippen LogP contribution in [0.5, 0.6) is 5.75 Å². The molecular formula is C14H24N2O. The summed E-state index contributed by atoms with van der Waals surface area (Å²) in [7, 11) is 0. The van der Waals surface area contributed by atoms with Gasteiger partial charge in [0.2, 0.25) is 0 Å². The zero-order valence-corrected chi connectivity index (χ0v) is 11.4. The first-order valence-electron chi connectivity index (χ1n) is 6.36. The number of ether oxygens (including phenoxy) is 1. The van der Waals surface area contributed by atoms with Gasteiger partial charge in [-0.05, 0) is 24.4 Å². The van der Waals surface area contributed by atoms with Crippen LogP contribution >= 0.6 is 0 Å². The van der Waals surface area contributed by atoms with Crippen molar-refractivity contribution in [1.29, 1.82) is 0 Å². The lowest BCUT2D eigenvalue weighted by molar-refractivity contribution is 0.270. The first-order valence-corrected chi connectivity index (χ1v) is 6.36. The minimum atomic E-state index is 0.547. The van der Waals surface area contributed by atoms with Gasteiger partial charge in [0, 0.05) is 18.8 Å². The van der Waals surface area contributed by atoms with Crippen LogP contribution < -0.4 is 10.1 Å². The molecule has 0 radical (unpaired) electrons. The maximum Gasteiger partial charge on any atom is 0.122 e. The minimum absolute atomic E-state index is 0.547. The highest BCUT2D eigenvalue weighted by Gasteiger charge is 2.00. The molecule has 0 aliphatic carbocycles. The Kier molecular flexibility index (Phi) is 5.98. The number of aromatic nitrogens is 1. The number of hydrogen-bond acceptors (Lipinski definition) is 3. The van der Waals surface area contributed by atoms with E-state index in [9.17, 15) is 0 Å². The fourth-order valence-electron chi connectivity index (χ4n) is 1.39. The summed E-state index contributed by atoms with van der Waals surface area (Å²) in [6.45, 7) is 11.3. The molecule has 96 valence electrons. The third kappa shape index (κ3) is 6.27. The molecule has 1 N–H and O–H groups in total. The number of rotatable bonds is 7. The molecule has 3 nitrogen and oxygen atoms in total. The van der Waals surface area contributed by atoms with Crippen molar-refractivity contribution >= 4 is 0 Å². The highest BCUT2D eigenvalue weighted by atomic mass is 16.5. The Morgan fingerprint density at radius 2 is 2.00 bits per heavy atom. The minimum Gasteiger partial charge on any atom is -0.493 e. The summed E-state index contributed by atoms with van der Waals surface area (Å²) >= 11 is 0. The molecule has 1 heterocycles. The molecule has 1 rings (SSSR count). The number of nitrogens with one attached hydrogen (secondary N) is 1. The quantitative estimate of drug-likeness (QED) is 0.790. The predicted octanol–water partition coefficient (Wildman–Crippen LogP) is 2.86. The fraction of sp³-hybridized carbons (Fsp3) is 0.643. The average Bonchev–Trinajstić information content (AvgIpc) is 2.26. The van der Waals surface area contributed by atoms with E-state index in [0.29, 0.717) is 11.8 Å². The van der Waals surface area contributed by atoms with Gasteiger partial charge in [0.15, 0.2) is 0 Å². The van der Waals surface area contributed by atoms with Crippen LogP contribution in [0.2, 0.25) is 0 Å². The molecule has 1 aromatic rings. The molecule has 0 bridgehead atoms. The van der Waals surface area contributed by atoms with Gasteiger partial charge in [0.1, 0.15) is 5.75 Å². The SMILES string of the molecule is CC(C)CNCc1cc(OCC(C)C)ccn1. The van der Waals surface area contributed by atoms with Gasteiger partial charge in [-0.2, -0.15) is 0 Å². The molecule has 0 atom stereocenters. The summed E-state index contributed by atoms with van der Waals surface area (Å²) in [6, 6.07) is 3.92. The van der Waals surface area contributed by atoms with E-state index in [-0.39, 0.29) is 0 Å². The van der Waals surface area contributed by atoms with Gasteiger partial charge in [-0.15, -0.1) is 0 Å². The Balaban J connectivity index is 2.42. The largest absolute Gasteiger partial charge is 0.493 e. The molecule has 0 amide bonds. The van der Waals surface area contributed by atoms with Crippen molar-refractivity contribution in [3.63, 3.8) is 0 Å². The number of hydrogen-bond donors (Lipinski definition) is 1. The topological polar surface area (TPSA) is 34.1 Å². The van der Waals surface area contributed by atoms with E-state index in [0.717, 1.165) is 31.1 Å². The zero-order chi connectivity index (χ0) is 12.7. The van der Waals surface area contributed by atoms with E-state index in [1.807, 2.05) is 18.3 Å². The van der Waals surface area contributed by atoms with E-state index in [1.165, 1.54) is 0 Å². The highest BCUT2D eigenvalue weighted by Crippen LogP contribution is 2.12. The van der Waals surface area contributed by atoms with Crippen LogP contribution in [0, 0.1) is 11.8 Å². The molecule has 0 spiro atoms. The summed E-state index contributed by atoms with van der Waals surface area (Å²) in [5.74, 6) is 2.12. The number of pyridine rings is 1. The third-order valence-corrected chi connectivity index (χ3v) is 2.23. The van der Waals surface area contributed by atoms with Crippen molar-refractivity contribution in [3.05, 3.63) is 24.0 Å². The van der Waals surface area contributed by atoms with Gasteiger partial charge in [-0.3, -0.25) is 4.98 Å². The van der Waals surface area contributed by atoms with Gasteiger partial charge in [0.25, 0.3) is 0 Å². The van der Waals surface area contributed by atoms with Crippen molar-refractivity contribution in [2.45, 2.75) is 34.2 Å². The van der Waals surface area contributed by atoms with Gasteiger partial charge >= 0.3 is 0 Å².